The quantitative estimate of drug-likeness (QED) is 0.551. The number of nitrogens with one attached hydrogen (secondary N) is 2. The topological polar surface area (TPSA) is 96.6 Å². The molecule has 0 aliphatic rings. The van der Waals surface area contributed by atoms with Crippen molar-refractivity contribution in [3.63, 3.8) is 0 Å². The maximum atomic E-state index is 11.9. The summed E-state index contributed by atoms with van der Waals surface area (Å²) in [7, 11) is 1.63. The van der Waals surface area contributed by atoms with Gasteiger partial charge >= 0.3 is 0 Å². The molecule has 0 aliphatic carbocycles. The van der Waals surface area contributed by atoms with E-state index in [1.165, 1.54) is 0 Å². The Morgan fingerprint density at radius 1 is 1.23 bits per heavy atom. The van der Waals surface area contributed by atoms with Crippen molar-refractivity contribution in [2.24, 2.45) is 0 Å². The van der Waals surface area contributed by atoms with E-state index in [2.05, 4.69) is 25.4 Å². The highest BCUT2D eigenvalue weighted by Crippen LogP contribution is 2.35. The van der Waals surface area contributed by atoms with E-state index in [0.29, 0.717) is 11.3 Å². The first kappa shape index (κ1) is 16.0. The third-order valence-corrected chi connectivity index (χ3v) is 4.44. The maximum absolute atomic E-state index is 11.9. The van der Waals surface area contributed by atoms with Crippen molar-refractivity contribution in [1.82, 2.24) is 25.4 Å². The Bertz CT molecular complexity index is 1110. The molecule has 4 rings (SSSR count). The summed E-state index contributed by atoms with van der Waals surface area (Å²) in [5.41, 5.74) is 5.70. The van der Waals surface area contributed by atoms with Crippen molar-refractivity contribution >= 4 is 16.7 Å². The van der Waals surface area contributed by atoms with Gasteiger partial charge in [0.1, 0.15) is 11.4 Å². The van der Waals surface area contributed by atoms with E-state index >= 15 is 0 Å². The zero-order valence-corrected chi connectivity index (χ0v) is 14.6. The maximum Gasteiger partial charge on any atom is 0.162 e. The van der Waals surface area contributed by atoms with Gasteiger partial charge in [-0.05, 0) is 32.0 Å². The van der Waals surface area contributed by atoms with Gasteiger partial charge in [0.25, 0.3) is 0 Å². The normalized spacial score (nSPS) is 11.0. The number of rotatable bonds is 4. The van der Waals surface area contributed by atoms with Gasteiger partial charge in [0.2, 0.25) is 0 Å². The second-order valence-corrected chi connectivity index (χ2v) is 6.06. The van der Waals surface area contributed by atoms with Gasteiger partial charge in [0.15, 0.2) is 5.78 Å². The lowest BCUT2D eigenvalue weighted by molar-refractivity contribution is 0.101. The number of nitrogens with zero attached hydrogens (tertiary/aromatic N) is 3. The number of Topliss-reactive ketones (excluding diaryl/α,β-unsaturated/α-hetero) is 1. The molecule has 0 saturated carbocycles. The molecule has 26 heavy (non-hydrogen) atoms. The van der Waals surface area contributed by atoms with Crippen LogP contribution in [0.3, 0.4) is 0 Å². The number of aromatic nitrogens is 5. The SMILES string of the molecule is COc1cc(-c2c[nH]nn2)ccc1-c1cc2c(C(C)=O)cnc(C)c2[nH]1. The summed E-state index contributed by atoms with van der Waals surface area (Å²) in [6.45, 7) is 3.46. The second-order valence-electron chi connectivity index (χ2n) is 6.06. The number of pyridine rings is 1. The van der Waals surface area contributed by atoms with Crippen molar-refractivity contribution in [3.05, 3.63) is 47.9 Å². The van der Waals surface area contributed by atoms with Crippen molar-refractivity contribution in [1.29, 1.82) is 0 Å². The van der Waals surface area contributed by atoms with Crippen LogP contribution in [-0.2, 0) is 0 Å². The first-order valence-corrected chi connectivity index (χ1v) is 8.13. The number of H-pyrrole nitrogens is 2. The molecular formula is C19H17N5O2. The molecule has 7 heteroatoms. The van der Waals surface area contributed by atoms with Gasteiger partial charge in [0.05, 0.1) is 24.0 Å². The van der Waals surface area contributed by atoms with Crippen molar-refractivity contribution in [2.75, 3.05) is 7.11 Å². The molecule has 0 amide bonds. The van der Waals surface area contributed by atoms with Crippen LogP contribution in [0.2, 0.25) is 0 Å². The molecule has 0 spiro atoms. The van der Waals surface area contributed by atoms with E-state index < -0.39 is 0 Å². The van der Waals surface area contributed by atoms with E-state index in [4.69, 9.17) is 4.74 Å². The lowest BCUT2D eigenvalue weighted by atomic mass is 10.0. The second kappa shape index (κ2) is 6.11. The number of hydrogen-bond donors (Lipinski definition) is 2. The molecule has 4 aromatic rings. The Hall–Kier alpha value is -3.48. The first-order valence-electron chi connectivity index (χ1n) is 8.13. The predicted molar refractivity (Wildman–Crippen MR) is 98.2 cm³/mol. The van der Waals surface area contributed by atoms with Gasteiger partial charge in [-0.1, -0.05) is 11.3 Å². The molecule has 130 valence electrons. The van der Waals surface area contributed by atoms with E-state index in [1.54, 1.807) is 26.4 Å². The fourth-order valence-corrected chi connectivity index (χ4v) is 3.09. The molecule has 0 aliphatic heterocycles. The van der Waals surface area contributed by atoms with Gasteiger partial charge < -0.3 is 9.72 Å². The number of carbonyl (C=O) groups is 1. The number of benzene rings is 1. The Labute approximate surface area is 149 Å². The fourth-order valence-electron chi connectivity index (χ4n) is 3.09. The molecule has 0 saturated heterocycles. The van der Waals surface area contributed by atoms with Crippen LogP contribution in [0.25, 0.3) is 33.4 Å². The van der Waals surface area contributed by atoms with Crippen LogP contribution in [0.4, 0.5) is 0 Å². The molecule has 7 nitrogen and oxygen atoms in total. The smallest absolute Gasteiger partial charge is 0.162 e. The Balaban J connectivity index is 1.89. The van der Waals surface area contributed by atoms with Crippen molar-refractivity contribution in [3.8, 4) is 28.3 Å². The first-order chi connectivity index (χ1) is 12.6. The average molecular weight is 347 g/mol. The number of aryl methyl sites for hydroxylation is 1. The van der Waals surface area contributed by atoms with E-state index in [9.17, 15) is 4.79 Å². The minimum Gasteiger partial charge on any atom is -0.496 e. The summed E-state index contributed by atoms with van der Waals surface area (Å²) < 4.78 is 5.58. The molecular weight excluding hydrogens is 330 g/mol. The molecule has 0 atom stereocenters. The fraction of sp³-hybridized carbons (Fsp3) is 0.158. The zero-order chi connectivity index (χ0) is 18.3. The van der Waals surface area contributed by atoms with Crippen LogP contribution >= 0.6 is 0 Å². The predicted octanol–water partition coefficient (Wildman–Crippen LogP) is 3.53. The summed E-state index contributed by atoms with van der Waals surface area (Å²) in [5, 5.41) is 11.3. The van der Waals surface area contributed by atoms with Crippen molar-refractivity contribution in [2.45, 2.75) is 13.8 Å². The lowest BCUT2D eigenvalue weighted by Gasteiger charge is -2.08. The minimum absolute atomic E-state index is 0.0126. The molecule has 0 bridgehead atoms. The van der Waals surface area contributed by atoms with Gasteiger partial charge in [0, 0.05) is 34.5 Å². The third-order valence-electron chi connectivity index (χ3n) is 4.44. The van der Waals surface area contributed by atoms with Crippen LogP contribution in [-0.4, -0.2) is 38.3 Å². The number of aromatic amines is 2. The molecule has 3 heterocycles. The molecule has 3 aromatic heterocycles. The van der Waals surface area contributed by atoms with Gasteiger partial charge in [-0.15, -0.1) is 5.10 Å². The largest absolute Gasteiger partial charge is 0.496 e. The van der Waals surface area contributed by atoms with Crippen LogP contribution in [0.5, 0.6) is 5.75 Å². The molecule has 1 aromatic carbocycles. The van der Waals surface area contributed by atoms with Crippen molar-refractivity contribution < 1.29 is 9.53 Å². The van der Waals surface area contributed by atoms with Crippen LogP contribution < -0.4 is 4.74 Å². The minimum atomic E-state index is -0.0126. The monoisotopic (exact) mass is 347 g/mol. The van der Waals surface area contributed by atoms with Gasteiger partial charge in [-0.3, -0.25) is 14.9 Å². The van der Waals surface area contributed by atoms with Crippen LogP contribution in [0.1, 0.15) is 23.0 Å². The molecule has 0 fully saturated rings. The number of fused-ring (bicyclic) bond motifs is 1. The third kappa shape index (κ3) is 2.54. The highest BCUT2D eigenvalue weighted by Gasteiger charge is 2.16. The van der Waals surface area contributed by atoms with Gasteiger partial charge in [-0.2, -0.15) is 0 Å². The summed E-state index contributed by atoms with van der Waals surface area (Å²) >= 11 is 0. The Morgan fingerprint density at radius 2 is 2.08 bits per heavy atom. The lowest BCUT2D eigenvalue weighted by Crippen LogP contribution is -1.95. The van der Waals surface area contributed by atoms with Crippen LogP contribution in [0, 0.1) is 6.92 Å². The average Bonchev–Trinajstić information content (AvgIpc) is 3.31. The summed E-state index contributed by atoms with van der Waals surface area (Å²) in [4.78, 5) is 19.6. The highest BCUT2D eigenvalue weighted by atomic mass is 16.5. The van der Waals surface area contributed by atoms with E-state index in [1.807, 2.05) is 31.2 Å². The number of methoxy groups -OCH3 is 1. The highest BCUT2D eigenvalue weighted by molar-refractivity contribution is 6.07. The van der Waals surface area contributed by atoms with E-state index in [-0.39, 0.29) is 5.78 Å². The molecule has 0 unspecified atom stereocenters. The summed E-state index contributed by atoms with van der Waals surface area (Å²) in [6, 6.07) is 7.80. The number of ether oxygens (including phenoxy) is 1. The summed E-state index contributed by atoms with van der Waals surface area (Å²) in [6.07, 6.45) is 3.36. The Morgan fingerprint density at radius 3 is 2.77 bits per heavy atom. The number of carbonyl (C=O) groups excluding carboxylic acids is 1. The summed E-state index contributed by atoms with van der Waals surface area (Å²) in [5.74, 6) is 0.688. The Kier molecular flexibility index (Phi) is 3.76. The molecule has 2 N–H and O–H groups in total. The number of ketones is 1. The van der Waals surface area contributed by atoms with E-state index in [0.717, 1.165) is 39.1 Å². The molecule has 0 radical (unpaired) electrons. The van der Waals surface area contributed by atoms with Crippen LogP contribution in [0.15, 0.2) is 36.7 Å². The zero-order valence-electron chi connectivity index (χ0n) is 14.6. The standard InChI is InChI=1S/C19H17N5O2/c1-10-19-14(15(8-20-10)11(2)25)7-16(22-19)13-5-4-12(6-18(13)26-3)17-9-21-24-23-17/h4-9,22H,1-3H3,(H,21,23,24). The number of hydrogen-bond acceptors (Lipinski definition) is 5. The van der Waals surface area contributed by atoms with Gasteiger partial charge in [-0.25, -0.2) is 0 Å².